The second-order valence-electron chi connectivity index (χ2n) is 4.31. The van der Waals surface area contributed by atoms with Crippen molar-refractivity contribution in [3.8, 4) is 6.07 Å². The van der Waals surface area contributed by atoms with Crippen molar-refractivity contribution >= 4 is 5.97 Å². The number of halogens is 5. The maximum Gasteiger partial charge on any atom is 0.338 e. The lowest BCUT2D eigenvalue weighted by atomic mass is 10.1. The molecule has 8 heteroatoms. The Morgan fingerprint density at radius 2 is 1.39 bits per heavy atom. The molecule has 0 saturated carbocycles. The van der Waals surface area contributed by atoms with Crippen molar-refractivity contribution < 1.29 is 31.5 Å². The average molecular weight is 327 g/mol. The van der Waals surface area contributed by atoms with Gasteiger partial charge in [0.1, 0.15) is 6.61 Å². The maximum atomic E-state index is 13.4. The number of nitriles is 1. The summed E-state index contributed by atoms with van der Waals surface area (Å²) < 4.78 is 70.2. The normalized spacial score (nSPS) is 10.3. The first-order valence-electron chi connectivity index (χ1n) is 6.04. The molecule has 0 spiro atoms. The summed E-state index contributed by atoms with van der Waals surface area (Å²) in [5.74, 6) is -11.7. The van der Waals surface area contributed by atoms with E-state index in [1.165, 1.54) is 24.3 Å². The Morgan fingerprint density at radius 1 is 0.913 bits per heavy atom. The lowest BCUT2D eigenvalue weighted by molar-refractivity contribution is 0.0462. The third kappa shape index (κ3) is 3.13. The Bertz CT molecular complexity index is 783. The highest BCUT2D eigenvalue weighted by molar-refractivity contribution is 5.89. The van der Waals surface area contributed by atoms with Gasteiger partial charge in [0.05, 0.1) is 22.8 Å². The van der Waals surface area contributed by atoms with Gasteiger partial charge >= 0.3 is 5.97 Å². The van der Waals surface area contributed by atoms with Crippen molar-refractivity contribution in [2.45, 2.75) is 6.61 Å². The van der Waals surface area contributed by atoms with E-state index in [1.807, 2.05) is 6.07 Å². The van der Waals surface area contributed by atoms with Crippen LogP contribution in [0.5, 0.6) is 0 Å². The van der Waals surface area contributed by atoms with Gasteiger partial charge in [0.15, 0.2) is 23.3 Å². The fraction of sp³-hybridized carbons (Fsp3) is 0.0667. The molecule has 0 atom stereocenters. The molecule has 0 radical (unpaired) electrons. The van der Waals surface area contributed by atoms with Crippen LogP contribution in [0.25, 0.3) is 0 Å². The van der Waals surface area contributed by atoms with Gasteiger partial charge in [-0.15, -0.1) is 0 Å². The standard InChI is InChI=1S/C15H6F5NO2/c16-10-9(11(17)13(19)14(20)12(10)18)6-23-15(22)8-3-1-7(5-21)2-4-8/h1-4H,6H2. The molecule has 0 N–H and O–H groups in total. The van der Waals surface area contributed by atoms with Crippen LogP contribution in [0.3, 0.4) is 0 Å². The fourth-order valence-corrected chi connectivity index (χ4v) is 1.68. The minimum atomic E-state index is -2.29. The first-order chi connectivity index (χ1) is 10.9. The first kappa shape index (κ1) is 16.4. The van der Waals surface area contributed by atoms with E-state index in [0.717, 1.165) is 0 Å². The Labute approximate surface area is 126 Å². The van der Waals surface area contributed by atoms with Crippen LogP contribution < -0.4 is 0 Å². The van der Waals surface area contributed by atoms with Crippen LogP contribution in [0.4, 0.5) is 22.0 Å². The molecule has 0 saturated heterocycles. The maximum absolute atomic E-state index is 13.4. The van der Waals surface area contributed by atoms with E-state index in [9.17, 15) is 26.7 Å². The van der Waals surface area contributed by atoms with E-state index < -0.39 is 47.2 Å². The molecule has 0 aliphatic rings. The number of nitrogens with zero attached hydrogens (tertiary/aromatic N) is 1. The van der Waals surface area contributed by atoms with Gasteiger partial charge in [-0.25, -0.2) is 26.7 Å². The Morgan fingerprint density at radius 3 is 1.87 bits per heavy atom. The molecule has 0 amide bonds. The van der Waals surface area contributed by atoms with Crippen molar-refractivity contribution in [2.75, 3.05) is 0 Å². The highest BCUT2D eigenvalue weighted by atomic mass is 19.2. The van der Waals surface area contributed by atoms with Gasteiger partial charge < -0.3 is 4.74 Å². The number of carbonyl (C=O) groups is 1. The summed E-state index contributed by atoms with van der Waals surface area (Å²) in [7, 11) is 0. The number of rotatable bonds is 3. The molecule has 0 aliphatic carbocycles. The van der Waals surface area contributed by atoms with Crippen molar-refractivity contribution in [3.05, 3.63) is 70.0 Å². The number of carbonyl (C=O) groups excluding carboxylic acids is 1. The SMILES string of the molecule is N#Cc1ccc(C(=O)OCc2c(F)c(F)c(F)c(F)c2F)cc1. The van der Waals surface area contributed by atoms with Gasteiger partial charge in [-0.3, -0.25) is 0 Å². The van der Waals surface area contributed by atoms with Crippen molar-refractivity contribution in [2.24, 2.45) is 0 Å². The second-order valence-corrected chi connectivity index (χ2v) is 4.31. The molecule has 0 bridgehead atoms. The molecule has 3 nitrogen and oxygen atoms in total. The third-order valence-corrected chi connectivity index (χ3v) is 2.90. The van der Waals surface area contributed by atoms with Gasteiger partial charge in [-0.1, -0.05) is 0 Å². The molecule has 0 fully saturated rings. The summed E-state index contributed by atoms with van der Waals surface area (Å²) in [4.78, 5) is 11.7. The van der Waals surface area contributed by atoms with Crippen LogP contribution in [0.1, 0.15) is 21.5 Å². The molecule has 2 aromatic carbocycles. The number of benzene rings is 2. The minimum absolute atomic E-state index is 0.0483. The van der Waals surface area contributed by atoms with E-state index in [1.54, 1.807) is 0 Å². The van der Waals surface area contributed by atoms with Gasteiger partial charge in [0, 0.05) is 0 Å². The molecular formula is C15H6F5NO2. The summed E-state index contributed by atoms with van der Waals surface area (Å²) in [5, 5.41) is 8.60. The lowest BCUT2D eigenvalue weighted by Crippen LogP contribution is -2.11. The average Bonchev–Trinajstić information content (AvgIpc) is 2.58. The zero-order valence-corrected chi connectivity index (χ0v) is 11.2. The highest BCUT2D eigenvalue weighted by Gasteiger charge is 2.26. The Hall–Kier alpha value is -2.95. The number of esters is 1. The molecular weight excluding hydrogens is 321 g/mol. The smallest absolute Gasteiger partial charge is 0.338 e. The van der Waals surface area contributed by atoms with E-state index >= 15 is 0 Å². The van der Waals surface area contributed by atoms with E-state index in [-0.39, 0.29) is 11.1 Å². The first-order valence-corrected chi connectivity index (χ1v) is 6.04. The molecule has 0 aliphatic heterocycles. The van der Waals surface area contributed by atoms with Crippen molar-refractivity contribution in [3.63, 3.8) is 0 Å². The van der Waals surface area contributed by atoms with E-state index in [0.29, 0.717) is 0 Å². The summed E-state index contributed by atoms with van der Waals surface area (Å²) >= 11 is 0. The zero-order chi connectivity index (χ0) is 17.1. The van der Waals surface area contributed by atoms with Gasteiger partial charge in [0.25, 0.3) is 0 Å². The Balaban J connectivity index is 2.21. The monoisotopic (exact) mass is 327 g/mol. The highest BCUT2D eigenvalue weighted by Crippen LogP contribution is 2.23. The number of hydrogen-bond acceptors (Lipinski definition) is 3. The molecule has 0 aromatic heterocycles. The lowest BCUT2D eigenvalue weighted by Gasteiger charge is -2.09. The van der Waals surface area contributed by atoms with Crippen LogP contribution in [0, 0.1) is 40.4 Å². The van der Waals surface area contributed by atoms with Gasteiger partial charge in [0.2, 0.25) is 5.82 Å². The minimum Gasteiger partial charge on any atom is -0.457 e. The van der Waals surface area contributed by atoms with Crippen LogP contribution in [0.15, 0.2) is 24.3 Å². The van der Waals surface area contributed by atoms with Crippen LogP contribution in [-0.4, -0.2) is 5.97 Å². The molecule has 0 heterocycles. The summed E-state index contributed by atoms with van der Waals surface area (Å²) in [5.41, 5.74) is -1.03. The van der Waals surface area contributed by atoms with Gasteiger partial charge in [-0.2, -0.15) is 5.26 Å². The van der Waals surface area contributed by atoms with Crippen LogP contribution in [0.2, 0.25) is 0 Å². The summed E-state index contributed by atoms with van der Waals surface area (Å²) in [6.45, 7) is -1.13. The van der Waals surface area contributed by atoms with Crippen LogP contribution >= 0.6 is 0 Å². The molecule has 2 aromatic rings. The van der Waals surface area contributed by atoms with Crippen LogP contribution in [-0.2, 0) is 11.3 Å². The molecule has 0 unspecified atom stereocenters. The predicted molar refractivity (Wildman–Crippen MR) is 66.5 cm³/mol. The zero-order valence-electron chi connectivity index (χ0n) is 11.2. The number of hydrogen-bond donors (Lipinski definition) is 0. The van der Waals surface area contributed by atoms with E-state index in [2.05, 4.69) is 4.74 Å². The summed E-state index contributed by atoms with van der Waals surface area (Å²) in [6.07, 6.45) is 0. The Kier molecular flexibility index (Phi) is 4.60. The van der Waals surface area contributed by atoms with E-state index in [4.69, 9.17) is 5.26 Å². The quantitative estimate of drug-likeness (QED) is 0.374. The second kappa shape index (κ2) is 6.44. The van der Waals surface area contributed by atoms with Gasteiger partial charge in [-0.05, 0) is 24.3 Å². The summed E-state index contributed by atoms with van der Waals surface area (Å²) in [6, 6.07) is 6.86. The molecule has 23 heavy (non-hydrogen) atoms. The van der Waals surface area contributed by atoms with Crippen molar-refractivity contribution in [1.82, 2.24) is 0 Å². The topological polar surface area (TPSA) is 50.1 Å². The largest absolute Gasteiger partial charge is 0.457 e. The molecule has 118 valence electrons. The predicted octanol–water partition coefficient (Wildman–Crippen LogP) is 3.61. The van der Waals surface area contributed by atoms with Crippen molar-refractivity contribution in [1.29, 1.82) is 5.26 Å². The molecule has 2 rings (SSSR count). The third-order valence-electron chi connectivity index (χ3n) is 2.90. The number of ether oxygens (including phenoxy) is 1. The fourth-order valence-electron chi connectivity index (χ4n) is 1.68.